The Balaban J connectivity index is 1.82. The number of nitrogens with one attached hydrogen (secondary N) is 1. The Morgan fingerprint density at radius 2 is 2.33 bits per heavy atom. The van der Waals surface area contributed by atoms with Crippen molar-refractivity contribution in [1.82, 2.24) is 9.97 Å². The molecule has 1 atom stereocenters. The van der Waals surface area contributed by atoms with E-state index in [0.717, 1.165) is 42.7 Å². The Kier molecular flexibility index (Phi) is 2.98. The summed E-state index contributed by atoms with van der Waals surface area (Å²) in [4.78, 5) is 8.50. The summed E-state index contributed by atoms with van der Waals surface area (Å²) in [6.07, 6.45) is 4.11. The zero-order chi connectivity index (χ0) is 12.4. The molecule has 2 aromatic rings. The third kappa shape index (κ3) is 2.22. The molecule has 0 radical (unpaired) electrons. The van der Waals surface area contributed by atoms with Crippen LogP contribution in [0.5, 0.6) is 0 Å². The number of rotatable bonds is 3. The van der Waals surface area contributed by atoms with Gasteiger partial charge in [-0.05, 0) is 31.0 Å². The number of hydrogen-bond acceptors (Lipinski definition) is 5. The summed E-state index contributed by atoms with van der Waals surface area (Å²) < 4.78 is 5.58. The summed E-state index contributed by atoms with van der Waals surface area (Å²) in [7, 11) is 0. The molecule has 0 bridgehead atoms. The molecular weight excluding hydrogens is 228 g/mol. The summed E-state index contributed by atoms with van der Waals surface area (Å²) in [6, 6.07) is 5.67. The molecule has 3 rings (SSSR count). The monoisotopic (exact) mass is 244 g/mol. The van der Waals surface area contributed by atoms with E-state index in [2.05, 4.69) is 15.3 Å². The Morgan fingerprint density at radius 3 is 3.17 bits per heavy atom. The fraction of sp³-hybridized carbons (Fsp3) is 0.385. The molecule has 1 aliphatic rings. The van der Waals surface area contributed by atoms with Gasteiger partial charge < -0.3 is 15.8 Å². The molecule has 3 N–H and O–H groups in total. The SMILES string of the molecule is Nc1ccc2c(NCC3CCCO3)ncnc2c1. The Morgan fingerprint density at radius 1 is 1.39 bits per heavy atom. The number of fused-ring (bicyclic) bond motifs is 1. The van der Waals surface area contributed by atoms with Crippen LogP contribution in [0, 0.1) is 0 Å². The smallest absolute Gasteiger partial charge is 0.137 e. The van der Waals surface area contributed by atoms with Crippen LogP contribution in [0.3, 0.4) is 0 Å². The third-order valence-electron chi connectivity index (χ3n) is 3.18. The van der Waals surface area contributed by atoms with E-state index in [1.807, 2.05) is 18.2 Å². The minimum Gasteiger partial charge on any atom is -0.399 e. The summed E-state index contributed by atoms with van der Waals surface area (Å²) >= 11 is 0. The van der Waals surface area contributed by atoms with Crippen molar-refractivity contribution in [3.8, 4) is 0 Å². The maximum Gasteiger partial charge on any atom is 0.137 e. The van der Waals surface area contributed by atoms with E-state index in [0.29, 0.717) is 11.8 Å². The van der Waals surface area contributed by atoms with Crippen molar-refractivity contribution in [3.05, 3.63) is 24.5 Å². The van der Waals surface area contributed by atoms with Gasteiger partial charge in [-0.3, -0.25) is 0 Å². The van der Waals surface area contributed by atoms with Gasteiger partial charge in [-0.1, -0.05) is 0 Å². The average Bonchev–Trinajstić information content (AvgIpc) is 2.89. The lowest BCUT2D eigenvalue weighted by molar-refractivity contribution is 0.120. The van der Waals surface area contributed by atoms with Crippen LogP contribution < -0.4 is 11.1 Å². The van der Waals surface area contributed by atoms with Gasteiger partial charge >= 0.3 is 0 Å². The van der Waals surface area contributed by atoms with Crippen molar-refractivity contribution >= 4 is 22.4 Å². The van der Waals surface area contributed by atoms with Crippen LogP contribution in [-0.2, 0) is 4.74 Å². The van der Waals surface area contributed by atoms with Crippen LogP contribution >= 0.6 is 0 Å². The molecule has 0 amide bonds. The van der Waals surface area contributed by atoms with Crippen molar-refractivity contribution in [2.24, 2.45) is 0 Å². The van der Waals surface area contributed by atoms with Gasteiger partial charge in [0.2, 0.25) is 0 Å². The lowest BCUT2D eigenvalue weighted by Crippen LogP contribution is -2.19. The van der Waals surface area contributed by atoms with E-state index in [4.69, 9.17) is 10.5 Å². The van der Waals surface area contributed by atoms with Gasteiger partial charge in [-0.2, -0.15) is 0 Å². The van der Waals surface area contributed by atoms with Crippen molar-refractivity contribution < 1.29 is 4.74 Å². The molecule has 1 aromatic heterocycles. The van der Waals surface area contributed by atoms with E-state index in [1.165, 1.54) is 0 Å². The predicted molar refractivity (Wildman–Crippen MR) is 71.4 cm³/mol. The number of anilines is 2. The highest BCUT2D eigenvalue weighted by Crippen LogP contribution is 2.22. The molecule has 5 heteroatoms. The van der Waals surface area contributed by atoms with Gasteiger partial charge in [0.05, 0.1) is 11.6 Å². The molecule has 2 heterocycles. The fourth-order valence-corrected chi connectivity index (χ4v) is 2.23. The van der Waals surface area contributed by atoms with Crippen molar-refractivity contribution in [1.29, 1.82) is 0 Å². The van der Waals surface area contributed by atoms with Crippen molar-refractivity contribution in [2.45, 2.75) is 18.9 Å². The number of nitrogen functional groups attached to an aromatic ring is 1. The summed E-state index contributed by atoms with van der Waals surface area (Å²) in [5, 5.41) is 4.32. The first kappa shape index (κ1) is 11.2. The second-order valence-electron chi connectivity index (χ2n) is 4.51. The maximum atomic E-state index is 5.75. The fourth-order valence-electron chi connectivity index (χ4n) is 2.23. The molecule has 0 spiro atoms. The predicted octanol–water partition coefficient (Wildman–Crippen LogP) is 1.80. The van der Waals surface area contributed by atoms with Crippen molar-refractivity contribution in [2.75, 3.05) is 24.2 Å². The van der Waals surface area contributed by atoms with Crippen LogP contribution in [0.2, 0.25) is 0 Å². The summed E-state index contributed by atoms with van der Waals surface area (Å²) in [6.45, 7) is 1.66. The zero-order valence-electron chi connectivity index (χ0n) is 10.1. The van der Waals surface area contributed by atoms with Crippen LogP contribution in [0.25, 0.3) is 10.9 Å². The maximum absolute atomic E-state index is 5.75. The van der Waals surface area contributed by atoms with Crippen LogP contribution in [0.15, 0.2) is 24.5 Å². The zero-order valence-corrected chi connectivity index (χ0v) is 10.1. The normalized spacial score (nSPS) is 19.2. The first-order valence-electron chi connectivity index (χ1n) is 6.18. The van der Waals surface area contributed by atoms with Crippen molar-refractivity contribution in [3.63, 3.8) is 0 Å². The van der Waals surface area contributed by atoms with E-state index in [-0.39, 0.29) is 0 Å². The molecule has 1 unspecified atom stereocenters. The van der Waals surface area contributed by atoms with E-state index in [9.17, 15) is 0 Å². The molecule has 0 aliphatic carbocycles. The first-order chi connectivity index (χ1) is 8.83. The molecule has 18 heavy (non-hydrogen) atoms. The molecular formula is C13H16N4O. The summed E-state index contributed by atoms with van der Waals surface area (Å²) in [5.41, 5.74) is 7.32. The number of hydrogen-bond donors (Lipinski definition) is 2. The minimum atomic E-state index is 0.295. The second-order valence-corrected chi connectivity index (χ2v) is 4.51. The highest BCUT2D eigenvalue weighted by atomic mass is 16.5. The minimum absolute atomic E-state index is 0.295. The van der Waals surface area contributed by atoms with Gasteiger partial charge in [0.25, 0.3) is 0 Å². The van der Waals surface area contributed by atoms with Gasteiger partial charge in [-0.15, -0.1) is 0 Å². The molecule has 1 aliphatic heterocycles. The number of nitrogens with zero attached hydrogens (tertiary/aromatic N) is 2. The van der Waals surface area contributed by atoms with Crippen LogP contribution in [0.1, 0.15) is 12.8 Å². The molecule has 1 aromatic carbocycles. The number of nitrogens with two attached hydrogens (primary N) is 1. The Hall–Kier alpha value is -1.88. The highest BCUT2D eigenvalue weighted by molar-refractivity contribution is 5.90. The number of aromatic nitrogens is 2. The Labute approximate surface area is 105 Å². The van der Waals surface area contributed by atoms with Gasteiger partial charge in [0, 0.05) is 24.2 Å². The largest absolute Gasteiger partial charge is 0.399 e. The standard InChI is InChI=1S/C13H16N4O/c14-9-3-4-11-12(6-9)16-8-17-13(11)15-7-10-2-1-5-18-10/h3-4,6,8,10H,1-2,5,7,14H2,(H,15,16,17). The molecule has 0 saturated carbocycles. The van der Waals surface area contributed by atoms with Gasteiger partial charge in [0.15, 0.2) is 0 Å². The highest BCUT2D eigenvalue weighted by Gasteiger charge is 2.15. The number of benzene rings is 1. The lowest BCUT2D eigenvalue weighted by atomic mass is 10.2. The quantitative estimate of drug-likeness (QED) is 0.805. The first-order valence-corrected chi connectivity index (χ1v) is 6.18. The van der Waals surface area contributed by atoms with Gasteiger partial charge in [0.1, 0.15) is 12.1 Å². The van der Waals surface area contributed by atoms with Crippen LogP contribution in [-0.4, -0.2) is 29.2 Å². The Bertz CT molecular complexity index is 552. The summed E-state index contributed by atoms with van der Waals surface area (Å²) in [5.74, 6) is 0.843. The van der Waals surface area contributed by atoms with Crippen LogP contribution in [0.4, 0.5) is 11.5 Å². The molecule has 94 valence electrons. The average molecular weight is 244 g/mol. The molecule has 1 saturated heterocycles. The number of ether oxygens (including phenoxy) is 1. The molecule has 5 nitrogen and oxygen atoms in total. The topological polar surface area (TPSA) is 73.1 Å². The van der Waals surface area contributed by atoms with E-state index >= 15 is 0 Å². The van der Waals surface area contributed by atoms with E-state index in [1.54, 1.807) is 6.33 Å². The van der Waals surface area contributed by atoms with Gasteiger partial charge in [-0.25, -0.2) is 9.97 Å². The molecule has 1 fully saturated rings. The second kappa shape index (κ2) is 4.78. The third-order valence-corrected chi connectivity index (χ3v) is 3.18. The lowest BCUT2D eigenvalue weighted by Gasteiger charge is -2.12. The van der Waals surface area contributed by atoms with E-state index < -0.39 is 0 Å².